The lowest BCUT2D eigenvalue weighted by Crippen LogP contribution is -2.29. The number of rotatable bonds is 6. The van der Waals surface area contributed by atoms with Crippen molar-refractivity contribution in [2.45, 2.75) is 25.7 Å². The average Bonchev–Trinajstić information content (AvgIpc) is 2.33. The molecule has 0 aromatic heterocycles. The summed E-state index contributed by atoms with van der Waals surface area (Å²) < 4.78 is 38.0. The molecule has 0 aliphatic rings. The van der Waals surface area contributed by atoms with Gasteiger partial charge in [-0.05, 0) is 37.1 Å². The molecule has 0 aliphatic heterocycles. The zero-order valence-electron chi connectivity index (χ0n) is 11.4. The lowest BCUT2D eigenvalue weighted by Gasteiger charge is -2.12. The first kappa shape index (κ1) is 16.1. The number of hydrogen-bond acceptors (Lipinski definition) is 4. The maximum absolute atomic E-state index is 12.2. The molecule has 0 aliphatic carbocycles. The standard InChI is InChI=1S/C12H20N2O3S2/c1-4-18(15)6-5-14-19(16,17)12-8-11(13)7-9(2)10(12)3/h7-8,14H,4-6,13H2,1-3H3. The van der Waals surface area contributed by atoms with Gasteiger partial charge in [-0.1, -0.05) is 6.92 Å². The third-order valence-corrected chi connectivity index (χ3v) is 5.77. The van der Waals surface area contributed by atoms with E-state index in [-0.39, 0.29) is 11.4 Å². The molecule has 108 valence electrons. The molecule has 1 aromatic rings. The second-order valence-corrected chi connectivity index (χ2v) is 7.89. The highest BCUT2D eigenvalue weighted by Crippen LogP contribution is 2.21. The Morgan fingerprint density at radius 2 is 1.95 bits per heavy atom. The summed E-state index contributed by atoms with van der Waals surface area (Å²) in [4.78, 5) is 0.187. The van der Waals surface area contributed by atoms with Gasteiger partial charge in [-0.2, -0.15) is 0 Å². The van der Waals surface area contributed by atoms with Gasteiger partial charge in [0.2, 0.25) is 10.0 Å². The molecule has 0 heterocycles. The molecule has 5 nitrogen and oxygen atoms in total. The maximum Gasteiger partial charge on any atom is 0.240 e. The average molecular weight is 304 g/mol. The minimum Gasteiger partial charge on any atom is -0.399 e. The van der Waals surface area contributed by atoms with Crippen molar-refractivity contribution < 1.29 is 12.6 Å². The smallest absolute Gasteiger partial charge is 0.240 e. The number of aryl methyl sites for hydroxylation is 1. The number of anilines is 1. The van der Waals surface area contributed by atoms with Crippen molar-refractivity contribution in [1.82, 2.24) is 4.72 Å². The van der Waals surface area contributed by atoms with Crippen molar-refractivity contribution in [3.8, 4) is 0 Å². The van der Waals surface area contributed by atoms with Crippen LogP contribution in [-0.4, -0.2) is 30.7 Å². The Bertz CT molecular complexity index is 583. The highest BCUT2D eigenvalue weighted by molar-refractivity contribution is 7.89. The number of nitrogens with two attached hydrogens (primary N) is 1. The van der Waals surface area contributed by atoms with Crippen LogP contribution in [0.25, 0.3) is 0 Å². The molecule has 1 unspecified atom stereocenters. The van der Waals surface area contributed by atoms with E-state index in [1.165, 1.54) is 6.07 Å². The summed E-state index contributed by atoms with van der Waals surface area (Å²) in [6, 6.07) is 3.18. The van der Waals surface area contributed by atoms with Gasteiger partial charge < -0.3 is 5.73 Å². The topological polar surface area (TPSA) is 89.3 Å². The minimum atomic E-state index is -3.60. The van der Waals surface area contributed by atoms with E-state index < -0.39 is 20.8 Å². The van der Waals surface area contributed by atoms with Crippen LogP contribution in [0.5, 0.6) is 0 Å². The highest BCUT2D eigenvalue weighted by Gasteiger charge is 2.18. The van der Waals surface area contributed by atoms with Gasteiger partial charge in [-0.3, -0.25) is 4.21 Å². The largest absolute Gasteiger partial charge is 0.399 e. The predicted molar refractivity (Wildman–Crippen MR) is 79.1 cm³/mol. The van der Waals surface area contributed by atoms with Gasteiger partial charge in [0.05, 0.1) is 4.90 Å². The number of nitrogens with one attached hydrogen (secondary N) is 1. The number of benzene rings is 1. The van der Waals surface area contributed by atoms with Gasteiger partial charge in [-0.25, -0.2) is 13.1 Å². The normalized spacial score (nSPS) is 13.4. The fourth-order valence-corrected chi connectivity index (χ4v) is 3.77. The fourth-order valence-electron chi connectivity index (χ4n) is 1.64. The third-order valence-electron chi connectivity index (χ3n) is 2.88. The van der Waals surface area contributed by atoms with Crippen molar-refractivity contribution in [3.63, 3.8) is 0 Å². The van der Waals surface area contributed by atoms with Crippen molar-refractivity contribution in [1.29, 1.82) is 0 Å². The first-order chi connectivity index (χ1) is 8.77. The second-order valence-electron chi connectivity index (χ2n) is 4.29. The Morgan fingerprint density at radius 3 is 2.53 bits per heavy atom. The predicted octanol–water partition coefficient (Wildman–Crippen LogP) is 0.933. The Morgan fingerprint density at radius 1 is 1.32 bits per heavy atom. The van der Waals surface area contributed by atoms with Crippen LogP contribution in [0.4, 0.5) is 5.69 Å². The molecule has 0 saturated carbocycles. The molecule has 1 aromatic carbocycles. The van der Waals surface area contributed by atoms with Gasteiger partial charge >= 0.3 is 0 Å². The molecule has 7 heteroatoms. The van der Waals surface area contributed by atoms with Crippen LogP contribution in [0.1, 0.15) is 18.1 Å². The Kier molecular flexibility index (Phi) is 5.51. The van der Waals surface area contributed by atoms with E-state index in [9.17, 15) is 12.6 Å². The lowest BCUT2D eigenvalue weighted by atomic mass is 10.1. The summed E-state index contributed by atoms with van der Waals surface area (Å²) in [6.07, 6.45) is 0. The Labute approximate surface area is 117 Å². The molecule has 0 radical (unpaired) electrons. The molecule has 3 N–H and O–H groups in total. The van der Waals surface area contributed by atoms with Crippen molar-refractivity contribution >= 4 is 26.5 Å². The highest BCUT2D eigenvalue weighted by atomic mass is 32.2. The molecule has 1 rings (SSSR count). The van der Waals surface area contributed by atoms with Crippen LogP contribution < -0.4 is 10.5 Å². The van der Waals surface area contributed by atoms with Gasteiger partial charge in [0.1, 0.15) is 0 Å². The molecular formula is C12H20N2O3S2. The quantitative estimate of drug-likeness (QED) is 0.765. The minimum absolute atomic E-state index is 0.163. The van der Waals surface area contributed by atoms with E-state index in [1.807, 2.05) is 6.92 Å². The van der Waals surface area contributed by atoms with Crippen molar-refractivity contribution in [3.05, 3.63) is 23.3 Å². The van der Waals surface area contributed by atoms with Crippen LogP contribution in [0, 0.1) is 13.8 Å². The van der Waals surface area contributed by atoms with E-state index in [0.717, 1.165) is 5.56 Å². The summed E-state index contributed by atoms with van der Waals surface area (Å²) >= 11 is 0. The van der Waals surface area contributed by atoms with Crippen LogP contribution in [0.15, 0.2) is 17.0 Å². The van der Waals surface area contributed by atoms with Crippen molar-refractivity contribution in [2.24, 2.45) is 0 Å². The van der Waals surface area contributed by atoms with Crippen molar-refractivity contribution in [2.75, 3.05) is 23.8 Å². The summed E-state index contributed by atoms with van der Waals surface area (Å²) in [5.74, 6) is 0.841. The molecule has 0 bridgehead atoms. The zero-order chi connectivity index (χ0) is 14.6. The monoisotopic (exact) mass is 304 g/mol. The van der Waals surface area contributed by atoms with Crippen LogP contribution in [-0.2, 0) is 20.8 Å². The van der Waals surface area contributed by atoms with E-state index in [1.54, 1.807) is 19.9 Å². The fraction of sp³-hybridized carbons (Fsp3) is 0.500. The molecular weight excluding hydrogens is 284 g/mol. The Hall–Kier alpha value is -0.920. The molecule has 0 amide bonds. The summed E-state index contributed by atoms with van der Waals surface area (Å²) in [5, 5.41) is 0. The molecule has 1 atom stereocenters. The first-order valence-corrected chi connectivity index (χ1v) is 8.96. The van der Waals surface area contributed by atoms with Crippen LogP contribution in [0.2, 0.25) is 0 Å². The van der Waals surface area contributed by atoms with Crippen LogP contribution in [0.3, 0.4) is 0 Å². The number of hydrogen-bond donors (Lipinski definition) is 2. The van der Waals surface area contributed by atoms with E-state index in [4.69, 9.17) is 5.73 Å². The molecule has 0 fully saturated rings. The maximum atomic E-state index is 12.2. The van der Waals surface area contributed by atoms with Gasteiger partial charge in [0, 0.05) is 34.5 Å². The number of nitrogen functional groups attached to an aromatic ring is 1. The van der Waals surface area contributed by atoms with Gasteiger partial charge in [0.25, 0.3) is 0 Å². The number of sulfonamides is 1. The van der Waals surface area contributed by atoms with Crippen LogP contribution >= 0.6 is 0 Å². The van der Waals surface area contributed by atoms with E-state index >= 15 is 0 Å². The van der Waals surface area contributed by atoms with E-state index in [0.29, 0.717) is 22.8 Å². The van der Waals surface area contributed by atoms with Gasteiger partial charge in [0.15, 0.2) is 0 Å². The molecule has 0 spiro atoms. The Balaban J connectivity index is 2.92. The third kappa shape index (κ3) is 4.29. The SMILES string of the molecule is CCS(=O)CCNS(=O)(=O)c1cc(N)cc(C)c1C. The second kappa shape index (κ2) is 6.49. The molecule has 19 heavy (non-hydrogen) atoms. The van der Waals surface area contributed by atoms with E-state index in [2.05, 4.69) is 4.72 Å². The summed E-state index contributed by atoms with van der Waals surface area (Å²) in [7, 11) is -4.59. The summed E-state index contributed by atoms with van der Waals surface area (Å²) in [5.41, 5.74) is 7.61. The lowest BCUT2D eigenvalue weighted by molar-refractivity contribution is 0.583. The van der Waals surface area contributed by atoms with Gasteiger partial charge in [-0.15, -0.1) is 0 Å². The first-order valence-electron chi connectivity index (χ1n) is 5.99. The zero-order valence-corrected chi connectivity index (χ0v) is 13.0. The molecule has 0 saturated heterocycles. The summed E-state index contributed by atoms with van der Waals surface area (Å²) in [6.45, 7) is 5.52.